The van der Waals surface area contributed by atoms with Gasteiger partial charge in [0.05, 0.1) is 11.0 Å². The van der Waals surface area contributed by atoms with Gasteiger partial charge in [-0.1, -0.05) is 0 Å². The van der Waals surface area contributed by atoms with E-state index < -0.39 is 9.84 Å². The van der Waals surface area contributed by atoms with Crippen molar-refractivity contribution < 1.29 is 8.42 Å². The Kier molecular flexibility index (Phi) is 1.93. The number of aromatic nitrogens is 4. The van der Waals surface area contributed by atoms with Crippen molar-refractivity contribution in [1.82, 2.24) is 19.9 Å². The third-order valence-corrected chi connectivity index (χ3v) is 3.43. The van der Waals surface area contributed by atoms with Crippen LogP contribution in [-0.4, -0.2) is 34.6 Å². The van der Waals surface area contributed by atoms with E-state index in [1.54, 1.807) is 18.3 Å². The normalized spacial score (nSPS) is 12.3. The molecule has 0 spiro atoms. The van der Waals surface area contributed by atoms with Crippen LogP contribution in [0.4, 0.5) is 0 Å². The van der Waals surface area contributed by atoms with Crippen LogP contribution < -0.4 is 0 Å². The molecule has 0 aliphatic heterocycles. The van der Waals surface area contributed by atoms with E-state index in [0.717, 1.165) is 6.26 Å². The second-order valence-corrected chi connectivity index (χ2v) is 5.62. The first kappa shape index (κ1) is 10.2. The van der Waals surface area contributed by atoms with Gasteiger partial charge in [-0.25, -0.2) is 23.4 Å². The quantitative estimate of drug-likeness (QED) is 0.691. The molecule has 1 N–H and O–H groups in total. The van der Waals surface area contributed by atoms with Crippen LogP contribution in [0, 0.1) is 0 Å². The van der Waals surface area contributed by atoms with Gasteiger partial charge in [-0.15, -0.1) is 0 Å². The summed E-state index contributed by atoms with van der Waals surface area (Å²) in [6, 6.07) is 3.48. The van der Waals surface area contributed by atoms with E-state index in [9.17, 15) is 8.42 Å². The zero-order valence-electron chi connectivity index (χ0n) is 8.88. The van der Waals surface area contributed by atoms with Crippen molar-refractivity contribution in [2.24, 2.45) is 0 Å². The highest BCUT2D eigenvalue weighted by Gasteiger charge is 2.18. The van der Waals surface area contributed by atoms with Crippen molar-refractivity contribution >= 4 is 31.9 Å². The number of nitrogens with one attached hydrogen (secondary N) is 1. The minimum Gasteiger partial charge on any atom is -0.358 e. The Bertz CT molecular complexity index is 823. The second kappa shape index (κ2) is 3.24. The number of hydrogen-bond donors (Lipinski definition) is 1. The van der Waals surface area contributed by atoms with Crippen LogP contribution >= 0.6 is 0 Å². The first-order valence-electron chi connectivity index (χ1n) is 4.85. The van der Waals surface area contributed by atoms with E-state index >= 15 is 0 Å². The summed E-state index contributed by atoms with van der Waals surface area (Å²) in [5.74, 6) is 0. The van der Waals surface area contributed by atoms with Crippen molar-refractivity contribution in [3.63, 3.8) is 0 Å². The molecule has 0 aliphatic carbocycles. The first-order chi connectivity index (χ1) is 8.07. The Morgan fingerprint density at radius 3 is 2.76 bits per heavy atom. The number of fused-ring (bicyclic) bond motifs is 3. The standard InChI is InChI=1S/C10H8N4O2S/c1-17(15,16)10-9-8(12-5-13-9)7-6(14-10)3-2-4-11-7/h2-5,11H,1H3. The molecule has 7 heteroatoms. The van der Waals surface area contributed by atoms with Crippen LogP contribution in [0.3, 0.4) is 0 Å². The molecule has 0 radical (unpaired) electrons. The van der Waals surface area contributed by atoms with Crippen molar-refractivity contribution in [3.05, 3.63) is 24.7 Å². The van der Waals surface area contributed by atoms with Gasteiger partial charge in [-0.3, -0.25) is 0 Å². The van der Waals surface area contributed by atoms with Crippen molar-refractivity contribution in [2.75, 3.05) is 6.26 Å². The van der Waals surface area contributed by atoms with Gasteiger partial charge in [0.25, 0.3) is 0 Å². The lowest BCUT2D eigenvalue weighted by Crippen LogP contribution is -2.02. The number of rotatable bonds is 1. The van der Waals surface area contributed by atoms with E-state index in [2.05, 4.69) is 19.9 Å². The lowest BCUT2D eigenvalue weighted by atomic mass is 10.3. The zero-order valence-corrected chi connectivity index (χ0v) is 9.69. The molecule has 0 bridgehead atoms. The topological polar surface area (TPSA) is 88.6 Å². The maximum Gasteiger partial charge on any atom is 0.195 e. The fourth-order valence-electron chi connectivity index (χ4n) is 1.74. The van der Waals surface area contributed by atoms with Crippen LogP contribution in [-0.2, 0) is 9.84 Å². The summed E-state index contributed by atoms with van der Waals surface area (Å²) in [5, 5.41) is -0.0305. The van der Waals surface area contributed by atoms with Crippen LogP contribution in [0.5, 0.6) is 0 Å². The van der Waals surface area contributed by atoms with Crippen molar-refractivity contribution in [3.8, 4) is 0 Å². The van der Waals surface area contributed by atoms with E-state index in [1.807, 2.05) is 0 Å². The predicted octanol–water partition coefficient (Wildman–Crippen LogP) is 0.910. The Labute approximate surface area is 96.7 Å². The molecule has 0 saturated heterocycles. The SMILES string of the molecule is CS(=O)(=O)c1nc2ccc[nH]c2c2ncnc12. The van der Waals surface area contributed by atoms with Gasteiger partial charge in [-0.2, -0.15) is 0 Å². The molecule has 0 amide bonds. The summed E-state index contributed by atoms with van der Waals surface area (Å²) >= 11 is 0. The molecule has 0 fully saturated rings. The summed E-state index contributed by atoms with van der Waals surface area (Å²) in [6.07, 6.45) is 4.18. The number of imidazole rings is 1. The van der Waals surface area contributed by atoms with Crippen LogP contribution in [0.2, 0.25) is 0 Å². The third-order valence-electron chi connectivity index (χ3n) is 2.44. The highest BCUT2D eigenvalue weighted by molar-refractivity contribution is 7.90. The molecule has 3 rings (SSSR count). The molecule has 0 unspecified atom stereocenters. The van der Waals surface area contributed by atoms with Gasteiger partial charge in [0, 0.05) is 12.5 Å². The monoisotopic (exact) mass is 248 g/mol. The van der Waals surface area contributed by atoms with Crippen LogP contribution in [0.15, 0.2) is 29.7 Å². The fraction of sp³-hybridized carbons (Fsp3) is 0.100. The Morgan fingerprint density at radius 2 is 2.00 bits per heavy atom. The maximum absolute atomic E-state index is 11.6. The third kappa shape index (κ3) is 1.47. The van der Waals surface area contributed by atoms with Crippen LogP contribution in [0.1, 0.15) is 0 Å². The lowest BCUT2D eigenvalue weighted by molar-refractivity contribution is 0.599. The van der Waals surface area contributed by atoms with Gasteiger partial charge in [0.1, 0.15) is 17.4 Å². The predicted molar refractivity (Wildman–Crippen MR) is 62.3 cm³/mol. The highest BCUT2D eigenvalue weighted by atomic mass is 32.2. The van der Waals surface area contributed by atoms with Gasteiger partial charge in [0.2, 0.25) is 0 Å². The van der Waals surface area contributed by atoms with Gasteiger partial charge in [-0.05, 0) is 12.1 Å². The molecule has 17 heavy (non-hydrogen) atoms. The number of hydrogen-bond acceptors (Lipinski definition) is 5. The minimum absolute atomic E-state index is 0.0305. The summed E-state index contributed by atoms with van der Waals surface area (Å²) in [7, 11) is -3.42. The number of aromatic amines is 1. The molecule has 3 aromatic rings. The Balaban J connectivity index is 2.62. The minimum atomic E-state index is -3.42. The summed E-state index contributed by atoms with van der Waals surface area (Å²) in [6.45, 7) is 0. The molecule has 6 nitrogen and oxygen atoms in total. The first-order valence-corrected chi connectivity index (χ1v) is 6.74. The summed E-state index contributed by atoms with van der Waals surface area (Å²) < 4.78 is 23.3. The highest BCUT2D eigenvalue weighted by Crippen LogP contribution is 2.24. The molecule has 0 atom stereocenters. The second-order valence-electron chi connectivity index (χ2n) is 3.69. The van der Waals surface area contributed by atoms with Gasteiger partial charge < -0.3 is 4.98 Å². The fourth-order valence-corrected chi connectivity index (χ4v) is 2.50. The lowest BCUT2D eigenvalue weighted by Gasteiger charge is -2.02. The van der Waals surface area contributed by atoms with Crippen molar-refractivity contribution in [1.29, 1.82) is 0 Å². The molecule has 0 saturated carbocycles. The zero-order chi connectivity index (χ0) is 12.0. The van der Waals surface area contributed by atoms with E-state index in [4.69, 9.17) is 0 Å². The van der Waals surface area contributed by atoms with Gasteiger partial charge >= 0.3 is 0 Å². The van der Waals surface area contributed by atoms with Gasteiger partial charge in [0.15, 0.2) is 14.9 Å². The molecule has 3 heterocycles. The largest absolute Gasteiger partial charge is 0.358 e. The number of H-pyrrole nitrogens is 1. The Hall–Kier alpha value is -2.02. The molecule has 0 aliphatic rings. The molecular weight excluding hydrogens is 240 g/mol. The molecular formula is C10H8N4O2S. The Morgan fingerprint density at radius 1 is 1.24 bits per heavy atom. The summed E-state index contributed by atoms with van der Waals surface area (Å²) in [5.41, 5.74) is 2.08. The summed E-state index contributed by atoms with van der Waals surface area (Å²) in [4.78, 5) is 15.2. The van der Waals surface area contributed by atoms with Crippen molar-refractivity contribution in [2.45, 2.75) is 5.03 Å². The maximum atomic E-state index is 11.6. The number of nitrogens with zero attached hydrogens (tertiary/aromatic N) is 3. The number of pyridine rings is 2. The molecule has 0 aromatic carbocycles. The molecule has 3 aromatic heterocycles. The smallest absolute Gasteiger partial charge is 0.195 e. The van der Waals surface area contributed by atoms with Crippen LogP contribution in [0.25, 0.3) is 22.1 Å². The molecule has 86 valence electrons. The average Bonchev–Trinajstić information content (AvgIpc) is 2.75. The van der Waals surface area contributed by atoms with E-state index in [0.29, 0.717) is 22.1 Å². The number of sulfone groups is 1. The van der Waals surface area contributed by atoms with E-state index in [1.165, 1.54) is 6.33 Å². The van der Waals surface area contributed by atoms with E-state index in [-0.39, 0.29) is 5.03 Å². The average molecular weight is 248 g/mol.